The molecular weight excluding hydrogens is 275 g/mol. The van der Waals surface area contributed by atoms with Crippen molar-refractivity contribution in [2.75, 3.05) is 13.4 Å². The van der Waals surface area contributed by atoms with Crippen LogP contribution >= 0.6 is 0 Å². The van der Waals surface area contributed by atoms with Crippen molar-refractivity contribution in [1.82, 2.24) is 0 Å². The molecule has 0 aromatic heterocycles. The molecule has 0 aliphatic carbocycles. The second-order valence-electron chi connectivity index (χ2n) is 4.71. The second-order valence-corrected chi connectivity index (χ2v) is 4.71. The SMILES string of the molecule is Cc1ccc(F)c(OCC(=O)c2ccc3c(c2)OCO3)c1. The molecule has 21 heavy (non-hydrogen) atoms. The van der Waals surface area contributed by atoms with Gasteiger partial charge in [-0.05, 0) is 42.8 Å². The van der Waals surface area contributed by atoms with Gasteiger partial charge in [-0.1, -0.05) is 6.07 Å². The Morgan fingerprint density at radius 2 is 2.00 bits per heavy atom. The third kappa shape index (κ3) is 2.81. The summed E-state index contributed by atoms with van der Waals surface area (Å²) in [5.74, 6) is 0.470. The van der Waals surface area contributed by atoms with Crippen molar-refractivity contribution in [3.8, 4) is 17.2 Å². The third-order valence-electron chi connectivity index (χ3n) is 3.14. The highest BCUT2D eigenvalue weighted by molar-refractivity contribution is 5.97. The Morgan fingerprint density at radius 1 is 1.19 bits per heavy atom. The number of hydrogen-bond donors (Lipinski definition) is 0. The van der Waals surface area contributed by atoms with Crippen LogP contribution in [0.25, 0.3) is 0 Å². The molecule has 0 saturated heterocycles. The van der Waals surface area contributed by atoms with Crippen molar-refractivity contribution in [2.45, 2.75) is 6.92 Å². The van der Waals surface area contributed by atoms with Crippen molar-refractivity contribution in [3.05, 3.63) is 53.3 Å². The van der Waals surface area contributed by atoms with Crippen LogP contribution in [0.1, 0.15) is 15.9 Å². The largest absolute Gasteiger partial charge is 0.482 e. The summed E-state index contributed by atoms with van der Waals surface area (Å²) in [6, 6.07) is 9.41. The highest BCUT2D eigenvalue weighted by atomic mass is 19.1. The van der Waals surface area contributed by atoms with Crippen LogP contribution < -0.4 is 14.2 Å². The molecule has 1 aliphatic heterocycles. The second kappa shape index (κ2) is 5.44. The van der Waals surface area contributed by atoms with Gasteiger partial charge in [-0.3, -0.25) is 4.79 Å². The van der Waals surface area contributed by atoms with Crippen molar-refractivity contribution in [3.63, 3.8) is 0 Å². The molecule has 0 saturated carbocycles. The lowest BCUT2D eigenvalue weighted by molar-refractivity contribution is 0.0918. The Hall–Kier alpha value is -2.56. The average molecular weight is 288 g/mol. The molecule has 2 aromatic carbocycles. The highest BCUT2D eigenvalue weighted by Crippen LogP contribution is 2.32. The number of carbonyl (C=O) groups is 1. The number of aryl methyl sites for hydroxylation is 1. The molecule has 0 spiro atoms. The van der Waals surface area contributed by atoms with Gasteiger partial charge in [0.05, 0.1) is 0 Å². The molecule has 0 radical (unpaired) electrons. The monoisotopic (exact) mass is 288 g/mol. The van der Waals surface area contributed by atoms with Crippen LogP contribution in [0.15, 0.2) is 36.4 Å². The summed E-state index contributed by atoms with van der Waals surface area (Å²) in [4.78, 5) is 12.1. The van der Waals surface area contributed by atoms with E-state index in [-0.39, 0.29) is 24.9 Å². The number of halogens is 1. The van der Waals surface area contributed by atoms with Gasteiger partial charge in [-0.15, -0.1) is 0 Å². The lowest BCUT2D eigenvalue weighted by Gasteiger charge is -2.08. The fraction of sp³-hybridized carbons (Fsp3) is 0.188. The first kappa shape index (κ1) is 13.4. The molecule has 0 atom stereocenters. The Labute approximate surface area is 121 Å². The van der Waals surface area contributed by atoms with E-state index in [1.54, 1.807) is 30.3 Å². The first-order valence-electron chi connectivity index (χ1n) is 6.45. The number of hydrogen-bond acceptors (Lipinski definition) is 4. The molecule has 108 valence electrons. The lowest BCUT2D eigenvalue weighted by Crippen LogP contribution is -2.12. The third-order valence-corrected chi connectivity index (χ3v) is 3.14. The molecule has 0 bridgehead atoms. The van der Waals surface area contributed by atoms with Gasteiger partial charge < -0.3 is 14.2 Å². The molecule has 3 rings (SSSR count). The Bertz CT molecular complexity index is 697. The van der Waals surface area contributed by atoms with Crippen LogP contribution in [0.4, 0.5) is 4.39 Å². The van der Waals surface area contributed by atoms with E-state index in [1.165, 1.54) is 6.07 Å². The van der Waals surface area contributed by atoms with Crippen molar-refractivity contribution < 1.29 is 23.4 Å². The minimum absolute atomic E-state index is 0.0732. The number of Topliss-reactive ketones (excluding diaryl/α,β-unsaturated/α-hetero) is 1. The predicted octanol–water partition coefficient (Wildman–Crippen LogP) is 3.12. The van der Waals surface area contributed by atoms with Crippen LogP contribution in [-0.2, 0) is 0 Å². The van der Waals surface area contributed by atoms with Gasteiger partial charge in [0.25, 0.3) is 0 Å². The van der Waals surface area contributed by atoms with Crippen LogP contribution in [-0.4, -0.2) is 19.2 Å². The zero-order chi connectivity index (χ0) is 14.8. The maximum Gasteiger partial charge on any atom is 0.231 e. The summed E-state index contributed by atoms with van der Waals surface area (Å²) in [6.45, 7) is 1.74. The Balaban J connectivity index is 1.70. The van der Waals surface area contributed by atoms with E-state index >= 15 is 0 Å². The summed E-state index contributed by atoms with van der Waals surface area (Å²) >= 11 is 0. The predicted molar refractivity (Wildman–Crippen MR) is 73.5 cm³/mol. The fourth-order valence-corrected chi connectivity index (χ4v) is 2.02. The minimum atomic E-state index is -0.487. The molecule has 0 N–H and O–H groups in total. The zero-order valence-corrected chi connectivity index (χ0v) is 11.4. The molecule has 0 unspecified atom stereocenters. The van der Waals surface area contributed by atoms with Gasteiger partial charge in [0.1, 0.15) is 0 Å². The van der Waals surface area contributed by atoms with E-state index in [2.05, 4.69) is 0 Å². The lowest BCUT2D eigenvalue weighted by atomic mass is 10.1. The average Bonchev–Trinajstić information content (AvgIpc) is 2.95. The van der Waals surface area contributed by atoms with Crippen LogP contribution in [0.2, 0.25) is 0 Å². The minimum Gasteiger partial charge on any atom is -0.482 e. The van der Waals surface area contributed by atoms with Gasteiger partial charge in [0.2, 0.25) is 6.79 Å². The van der Waals surface area contributed by atoms with Crippen molar-refractivity contribution in [2.24, 2.45) is 0 Å². The zero-order valence-electron chi connectivity index (χ0n) is 11.4. The van der Waals surface area contributed by atoms with E-state index < -0.39 is 5.82 Å². The van der Waals surface area contributed by atoms with E-state index in [4.69, 9.17) is 14.2 Å². The first-order chi connectivity index (χ1) is 10.1. The molecule has 0 fully saturated rings. The summed E-state index contributed by atoms with van der Waals surface area (Å²) in [5, 5.41) is 0. The number of ether oxygens (including phenoxy) is 3. The summed E-state index contributed by atoms with van der Waals surface area (Å²) in [6.07, 6.45) is 0. The summed E-state index contributed by atoms with van der Waals surface area (Å²) in [5.41, 5.74) is 1.30. The molecule has 1 heterocycles. The normalized spacial score (nSPS) is 12.3. The quantitative estimate of drug-likeness (QED) is 0.811. The smallest absolute Gasteiger partial charge is 0.231 e. The molecule has 0 amide bonds. The van der Waals surface area contributed by atoms with Gasteiger partial charge in [0, 0.05) is 5.56 Å². The Kier molecular flexibility index (Phi) is 3.48. The first-order valence-corrected chi connectivity index (χ1v) is 6.45. The standard InChI is InChI=1S/C16H13FO4/c1-10-2-4-12(17)15(6-10)19-8-13(18)11-3-5-14-16(7-11)21-9-20-14/h2-7H,8-9H2,1H3. The molecule has 5 heteroatoms. The molecular formula is C16H13FO4. The van der Waals surface area contributed by atoms with Crippen molar-refractivity contribution in [1.29, 1.82) is 0 Å². The van der Waals surface area contributed by atoms with Crippen molar-refractivity contribution >= 4 is 5.78 Å². The number of benzene rings is 2. The molecule has 2 aromatic rings. The van der Waals surface area contributed by atoms with Crippen LogP contribution in [0, 0.1) is 12.7 Å². The number of rotatable bonds is 4. The fourth-order valence-electron chi connectivity index (χ4n) is 2.02. The van der Waals surface area contributed by atoms with E-state index in [9.17, 15) is 9.18 Å². The summed E-state index contributed by atoms with van der Waals surface area (Å²) in [7, 11) is 0. The number of carbonyl (C=O) groups excluding carboxylic acids is 1. The summed E-state index contributed by atoms with van der Waals surface area (Å²) < 4.78 is 29.2. The number of ketones is 1. The van der Waals surface area contributed by atoms with E-state index in [0.717, 1.165) is 5.56 Å². The topological polar surface area (TPSA) is 44.8 Å². The maximum atomic E-state index is 13.5. The molecule has 1 aliphatic rings. The van der Waals surface area contributed by atoms with Crippen LogP contribution in [0.3, 0.4) is 0 Å². The van der Waals surface area contributed by atoms with Crippen LogP contribution in [0.5, 0.6) is 17.2 Å². The van der Waals surface area contributed by atoms with Gasteiger partial charge in [-0.2, -0.15) is 0 Å². The highest BCUT2D eigenvalue weighted by Gasteiger charge is 2.17. The van der Waals surface area contributed by atoms with E-state index in [0.29, 0.717) is 17.1 Å². The Morgan fingerprint density at radius 3 is 2.86 bits per heavy atom. The van der Waals surface area contributed by atoms with E-state index in [1.807, 2.05) is 6.92 Å². The van der Waals surface area contributed by atoms with Gasteiger partial charge in [0.15, 0.2) is 35.5 Å². The maximum absolute atomic E-state index is 13.5. The molecule has 4 nitrogen and oxygen atoms in total. The van der Waals surface area contributed by atoms with Gasteiger partial charge in [-0.25, -0.2) is 4.39 Å². The van der Waals surface area contributed by atoms with Gasteiger partial charge >= 0.3 is 0 Å². The number of fused-ring (bicyclic) bond motifs is 1.